The van der Waals surface area contributed by atoms with E-state index in [9.17, 15) is 4.79 Å². The summed E-state index contributed by atoms with van der Waals surface area (Å²) in [6.45, 7) is 2.48. The van der Waals surface area contributed by atoms with Gasteiger partial charge >= 0.3 is 0 Å². The first-order valence-corrected chi connectivity index (χ1v) is 11.1. The van der Waals surface area contributed by atoms with Gasteiger partial charge in [-0.1, -0.05) is 0 Å². The second-order valence-corrected chi connectivity index (χ2v) is 8.62. The summed E-state index contributed by atoms with van der Waals surface area (Å²) >= 11 is 0. The molecule has 0 radical (unpaired) electrons. The zero-order valence-electron chi connectivity index (χ0n) is 17.2. The summed E-state index contributed by atoms with van der Waals surface area (Å²) in [6.07, 6.45) is 8.96. The number of aromatic nitrogens is 5. The zero-order valence-corrected chi connectivity index (χ0v) is 17.2. The minimum atomic E-state index is 0.0236. The van der Waals surface area contributed by atoms with Gasteiger partial charge in [0.2, 0.25) is 0 Å². The van der Waals surface area contributed by atoms with Crippen molar-refractivity contribution in [2.75, 3.05) is 13.2 Å². The maximum Gasteiger partial charge on any atom is 0.270 e. The molecule has 4 heterocycles. The lowest BCUT2D eigenvalue weighted by molar-refractivity contribution is 0.0826. The number of nitrogens with one attached hydrogen (secondary N) is 1. The number of ether oxygens (including phenoxy) is 1. The van der Waals surface area contributed by atoms with Crippen molar-refractivity contribution >= 4 is 5.91 Å². The van der Waals surface area contributed by atoms with Crippen molar-refractivity contribution in [3.63, 3.8) is 0 Å². The van der Waals surface area contributed by atoms with Gasteiger partial charge in [0, 0.05) is 50.8 Å². The number of aryl methyl sites for hydroxylation is 3. The van der Waals surface area contributed by atoms with Gasteiger partial charge in [0.15, 0.2) is 0 Å². The van der Waals surface area contributed by atoms with Crippen molar-refractivity contribution in [3.05, 3.63) is 28.6 Å². The molecule has 1 saturated heterocycles. The molecule has 1 amide bonds. The second-order valence-electron chi connectivity index (χ2n) is 8.62. The molecule has 156 valence electrons. The topological polar surface area (TPSA) is 86.9 Å². The standard InChI is InChI=1S/C21H30N6O2/c1-26-19(16-4-2-3-5-17(16)25-26)21(28)22-15-6-7-18-23-24-20(27(18)11-8-15)14-9-12-29-13-10-14/h14-15H,2-13H2,1H3,(H,22,28). The summed E-state index contributed by atoms with van der Waals surface area (Å²) in [7, 11) is 1.89. The third-order valence-electron chi connectivity index (χ3n) is 6.73. The normalized spacial score (nSPS) is 22.6. The van der Waals surface area contributed by atoms with Crippen LogP contribution in [0.1, 0.15) is 77.8 Å². The van der Waals surface area contributed by atoms with E-state index < -0.39 is 0 Å². The van der Waals surface area contributed by atoms with Gasteiger partial charge in [-0.3, -0.25) is 9.48 Å². The quantitative estimate of drug-likeness (QED) is 0.854. The molecule has 2 aromatic heterocycles. The van der Waals surface area contributed by atoms with E-state index in [1.54, 1.807) is 4.68 Å². The molecule has 1 aliphatic carbocycles. The van der Waals surface area contributed by atoms with E-state index in [0.717, 1.165) is 99.7 Å². The van der Waals surface area contributed by atoms with Crippen LogP contribution >= 0.6 is 0 Å². The number of rotatable bonds is 3. The molecule has 1 unspecified atom stereocenters. The Balaban J connectivity index is 1.28. The Morgan fingerprint density at radius 1 is 1.07 bits per heavy atom. The van der Waals surface area contributed by atoms with Crippen LogP contribution in [0.3, 0.4) is 0 Å². The van der Waals surface area contributed by atoms with Gasteiger partial charge < -0.3 is 14.6 Å². The van der Waals surface area contributed by atoms with Crippen LogP contribution in [0.25, 0.3) is 0 Å². The highest BCUT2D eigenvalue weighted by molar-refractivity contribution is 5.94. The SMILES string of the molecule is Cn1nc2c(c1C(=O)NC1CCc3nnc(C4CCOCC4)n3CC1)CCCC2. The van der Waals surface area contributed by atoms with E-state index in [0.29, 0.717) is 5.92 Å². The Morgan fingerprint density at radius 2 is 1.90 bits per heavy atom. The molecule has 3 aliphatic rings. The van der Waals surface area contributed by atoms with Crippen molar-refractivity contribution in [2.45, 2.75) is 76.3 Å². The number of fused-ring (bicyclic) bond motifs is 2. The largest absolute Gasteiger partial charge is 0.381 e. The molecule has 2 aliphatic heterocycles. The average Bonchev–Trinajstić information content (AvgIpc) is 3.24. The van der Waals surface area contributed by atoms with Crippen LogP contribution in [-0.4, -0.2) is 49.7 Å². The average molecular weight is 399 g/mol. The summed E-state index contributed by atoms with van der Waals surface area (Å²) in [5.74, 6) is 2.63. The fourth-order valence-corrected chi connectivity index (χ4v) is 5.13. The van der Waals surface area contributed by atoms with Crippen LogP contribution in [0, 0.1) is 0 Å². The minimum absolute atomic E-state index is 0.0236. The van der Waals surface area contributed by atoms with Crippen LogP contribution in [-0.2, 0) is 37.6 Å². The third kappa shape index (κ3) is 3.58. The summed E-state index contributed by atoms with van der Waals surface area (Å²) in [5, 5.41) is 16.9. The van der Waals surface area contributed by atoms with Crippen molar-refractivity contribution < 1.29 is 9.53 Å². The van der Waals surface area contributed by atoms with Crippen molar-refractivity contribution in [1.82, 2.24) is 29.9 Å². The van der Waals surface area contributed by atoms with E-state index in [1.165, 1.54) is 6.42 Å². The van der Waals surface area contributed by atoms with Crippen LogP contribution in [0.2, 0.25) is 0 Å². The number of hydrogen-bond acceptors (Lipinski definition) is 5. The Kier molecular flexibility index (Phi) is 5.11. The molecular weight excluding hydrogens is 368 g/mol. The van der Waals surface area contributed by atoms with Crippen LogP contribution in [0.5, 0.6) is 0 Å². The van der Waals surface area contributed by atoms with E-state index in [1.807, 2.05) is 7.05 Å². The summed E-state index contributed by atoms with van der Waals surface area (Å²) in [4.78, 5) is 13.1. The summed E-state index contributed by atoms with van der Waals surface area (Å²) in [5.41, 5.74) is 3.02. The number of carbonyl (C=O) groups excluding carboxylic acids is 1. The molecule has 0 spiro atoms. The predicted octanol–water partition coefficient (Wildman–Crippen LogP) is 1.92. The molecule has 29 heavy (non-hydrogen) atoms. The smallest absolute Gasteiger partial charge is 0.270 e. The molecule has 8 heteroatoms. The van der Waals surface area contributed by atoms with Gasteiger partial charge in [-0.15, -0.1) is 10.2 Å². The molecule has 2 aromatic rings. The van der Waals surface area contributed by atoms with Gasteiger partial charge in [0.25, 0.3) is 5.91 Å². The molecule has 1 fully saturated rings. The highest BCUT2D eigenvalue weighted by Crippen LogP contribution is 2.28. The number of nitrogens with zero attached hydrogens (tertiary/aromatic N) is 5. The first-order valence-electron chi connectivity index (χ1n) is 11.1. The van der Waals surface area contributed by atoms with Gasteiger partial charge in [-0.2, -0.15) is 5.10 Å². The van der Waals surface area contributed by atoms with Gasteiger partial charge in [0.1, 0.15) is 17.3 Å². The summed E-state index contributed by atoms with van der Waals surface area (Å²) in [6, 6.07) is 0.154. The molecule has 0 saturated carbocycles. The van der Waals surface area contributed by atoms with Gasteiger partial charge in [-0.05, 0) is 51.4 Å². The zero-order chi connectivity index (χ0) is 19.8. The maximum atomic E-state index is 13.1. The van der Waals surface area contributed by atoms with Crippen molar-refractivity contribution in [2.24, 2.45) is 7.05 Å². The maximum absolute atomic E-state index is 13.1. The fraction of sp³-hybridized carbons (Fsp3) is 0.714. The lowest BCUT2D eigenvalue weighted by Gasteiger charge is -2.22. The van der Waals surface area contributed by atoms with E-state index in [2.05, 4.69) is 25.2 Å². The van der Waals surface area contributed by atoms with Gasteiger partial charge in [0.05, 0.1) is 5.69 Å². The first-order chi connectivity index (χ1) is 14.2. The third-order valence-corrected chi connectivity index (χ3v) is 6.73. The fourth-order valence-electron chi connectivity index (χ4n) is 5.13. The highest BCUT2D eigenvalue weighted by Gasteiger charge is 2.29. The molecule has 0 aromatic carbocycles. The van der Waals surface area contributed by atoms with Crippen LogP contribution in [0.15, 0.2) is 0 Å². The molecule has 1 atom stereocenters. The van der Waals surface area contributed by atoms with Crippen molar-refractivity contribution in [1.29, 1.82) is 0 Å². The van der Waals surface area contributed by atoms with Gasteiger partial charge in [-0.25, -0.2) is 0 Å². The number of hydrogen-bond donors (Lipinski definition) is 1. The Morgan fingerprint density at radius 3 is 2.76 bits per heavy atom. The molecule has 8 nitrogen and oxygen atoms in total. The Bertz CT molecular complexity index is 895. The second kappa shape index (κ2) is 7.89. The highest BCUT2D eigenvalue weighted by atomic mass is 16.5. The number of amides is 1. The van der Waals surface area contributed by atoms with E-state index in [4.69, 9.17) is 4.74 Å². The minimum Gasteiger partial charge on any atom is -0.381 e. The molecule has 0 bridgehead atoms. The Labute approximate surface area is 171 Å². The molecular formula is C21H30N6O2. The molecule has 5 rings (SSSR count). The van der Waals surface area contributed by atoms with Crippen LogP contribution < -0.4 is 5.32 Å². The monoisotopic (exact) mass is 398 g/mol. The van der Waals surface area contributed by atoms with E-state index >= 15 is 0 Å². The Hall–Kier alpha value is -2.22. The molecule has 1 N–H and O–H groups in total. The first kappa shape index (κ1) is 18.8. The lowest BCUT2D eigenvalue weighted by Crippen LogP contribution is -2.37. The lowest BCUT2D eigenvalue weighted by atomic mass is 9.95. The van der Waals surface area contributed by atoms with Crippen LogP contribution in [0.4, 0.5) is 0 Å². The van der Waals surface area contributed by atoms with Crippen molar-refractivity contribution in [3.8, 4) is 0 Å². The number of carbonyl (C=O) groups is 1. The van der Waals surface area contributed by atoms with E-state index in [-0.39, 0.29) is 11.9 Å². The summed E-state index contributed by atoms with van der Waals surface area (Å²) < 4.78 is 9.58. The predicted molar refractivity (Wildman–Crippen MR) is 107 cm³/mol.